The highest BCUT2D eigenvalue weighted by atomic mass is 19.4. The predicted molar refractivity (Wildman–Crippen MR) is 67.5 cm³/mol. The van der Waals surface area contributed by atoms with E-state index in [1.807, 2.05) is 0 Å². The van der Waals surface area contributed by atoms with Gasteiger partial charge in [0.2, 0.25) is 5.88 Å². The number of carboxylic acid groups (broad SMARTS) is 1. The zero-order chi connectivity index (χ0) is 15.6. The number of aromatic nitrogens is 1. The van der Waals surface area contributed by atoms with Gasteiger partial charge >= 0.3 is 12.1 Å². The Morgan fingerprint density at radius 1 is 1.24 bits per heavy atom. The summed E-state index contributed by atoms with van der Waals surface area (Å²) in [6, 6.07) is 5.70. The minimum absolute atomic E-state index is 0.0254. The molecular formula is C14H10F3NO3. The average molecular weight is 297 g/mol. The van der Waals surface area contributed by atoms with Crippen LogP contribution >= 0.6 is 0 Å². The van der Waals surface area contributed by atoms with E-state index in [4.69, 9.17) is 9.84 Å². The Kier molecular flexibility index (Phi) is 3.84. The Bertz CT molecular complexity index is 683. The maximum Gasteiger partial charge on any atom is 0.416 e. The summed E-state index contributed by atoms with van der Waals surface area (Å²) in [5, 5.41) is 8.90. The van der Waals surface area contributed by atoms with Crippen molar-refractivity contribution in [2.24, 2.45) is 0 Å². The zero-order valence-corrected chi connectivity index (χ0v) is 10.8. The fraction of sp³-hybridized carbons (Fsp3) is 0.143. The van der Waals surface area contributed by atoms with Gasteiger partial charge in [-0.2, -0.15) is 13.2 Å². The van der Waals surface area contributed by atoms with Gasteiger partial charge in [-0.1, -0.05) is 6.07 Å². The number of carboxylic acids is 1. The normalized spacial score (nSPS) is 11.2. The molecule has 2 aromatic rings. The third-order valence-corrected chi connectivity index (χ3v) is 2.71. The molecule has 1 N–H and O–H groups in total. The van der Waals surface area contributed by atoms with Gasteiger partial charge in [-0.15, -0.1) is 0 Å². The van der Waals surface area contributed by atoms with Crippen LogP contribution in [0.2, 0.25) is 0 Å². The van der Waals surface area contributed by atoms with Gasteiger partial charge in [0.15, 0.2) is 0 Å². The van der Waals surface area contributed by atoms with Crippen LogP contribution < -0.4 is 4.74 Å². The fourth-order valence-corrected chi connectivity index (χ4v) is 1.60. The second kappa shape index (κ2) is 5.43. The molecule has 0 spiro atoms. The topological polar surface area (TPSA) is 59.4 Å². The number of rotatable bonds is 3. The van der Waals surface area contributed by atoms with Gasteiger partial charge < -0.3 is 9.84 Å². The molecule has 1 heterocycles. The number of hydrogen-bond acceptors (Lipinski definition) is 3. The van der Waals surface area contributed by atoms with E-state index < -0.39 is 17.7 Å². The lowest BCUT2D eigenvalue weighted by atomic mass is 10.1. The maximum absolute atomic E-state index is 12.6. The van der Waals surface area contributed by atoms with Gasteiger partial charge in [0.05, 0.1) is 11.1 Å². The molecule has 0 radical (unpaired) electrons. The van der Waals surface area contributed by atoms with E-state index in [-0.39, 0.29) is 17.2 Å². The van der Waals surface area contributed by atoms with Gasteiger partial charge in [-0.3, -0.25) is 0 Å². The number of benzene rings is 1. The van der Waals surface area contributed by atoms with E-state index >= 15 is 0 Å². The van der Waals surface area contributed by atoms with Crippen molar-refractivity contribution in [2.75, 3.05) is 0 Å². The largest absolute Gasteiger partial charge is 0.478 e. The van der Waals surface area contributed by atoms with Gasteiger partial charge in [0.1, 0.15) is 5.75 Å². The van der Waals surface area contributed by atoms with Crippen LogP contribution in [0.5, 0.6) is 11.6 Å². The number of pyridine rings is 1. The number of aromatic carboxylic acids is 1. The van der Waals surface area contributed by atoms with Crippen LogP contribution in [-0.2, 0) is 6.18 Å². The molecule has 7 heteroatoms. The van der Waals surface area contributed by atoms with E-state index in [9.17, 15) is 18.0 Å². The van der Waals surface area contributed by atoms with Crippen molar-refractivity contribution in [2.45, 2.75) is 13.1 Å². The van der Waals surface area contributed by atoms with Crippen molar-refractivity contribution in [3.05, 3.63) is 53.2 Å². The van der Waals surface area contributed by atoms with Crippen LogP contribution in [0.3, 0.4) is 0 Å². The molecule has 0 saturated carbocycles. The fourth-order valence-electron chi connectivity index (χ4n) is 1.60. The lowest BCUT2D eigenvalue weighted by Crippen LogP contribution is -2.05. The Morgan fingerprint density at radius 2 is 1.95 bits per heavy atom. The van der Waals surface area contributed by atoms with Gasteiger partial charge in [0, 0.05) is 12.3 Å². The summed E-state index contributed by atoms with van der Waals surface area (Å²) < 4.78 is 43.0. The summed E-state index contributed by atoms with van der Waals surface area (Å²) in [5.74, 6) is -1.27. The van der Waals surface area contributed by atoms with Crippen molar-refractivity contribution in [1.29, 1.82) is 0 Å². The lowest BCUT2D eigenvalue weighted by Gasteiger charge is -2.11. The van der Waals surface area contributed by atoms with Crippen molar-refractivity contribution in [1.82, 2.24) is 4.98 Å². The highest BCUT2D eigenvalue weighted by molar-refractivity contribution is 5.88. The summed E-state index contributed by atoms with van der Waals surface area (Å²) in [7, 11) is 0. The Hall–Kier alpha value is -2.57. The summed E-state index contributed by atoms with van der Waals surface area (Å²) in [6.45, 7) is 1.65. The molecule has 0 atom stereocenters. The molecule has 0 fully saturated rings. The number of aryl methyl sites for hydroxylation is 1. The first-order valence-corrected chi connectivity index (χ1v) is 5.82. The molecule has 0 saturated heterocycles. The van der Waals surface area contributed by atoms with E-state index in [0.29, 0.717) is 5.56 Å². The monoisotopic (exact) mass is 297 g/mol. The summed E-state index contributed by atoms with van der Waals surface area (Å²) >= 11 is 0. The van der Waals surface area contributed by atoms with Gasteiger partial charge in [0.25, 0.3) is 0 Å². The van der Waals surface area contributed by atoms with Crippen molar-refractivity contribution in [3.8, 4) is 11.6 Å². The van der Waals surface area contributed by atoms with Crippen LogP contribution in [-0.4, -0.2) is 16.1 Å². The van der Waals surface area contributed by atoms with E-state index in [2.05, 4.69) is 4.98 Å². The van der Waals surface area contributed by atoms with Crippen LogP contribution in [0.4, 0.5) is 13.2 Å². The van der Waals surface area contributed by atoms with Crippen LogP contribution in [0, 0.1) is 6.92 Å². The van der Waals surface area contributed by atoms with E-state index in [1.165, 1.54) is 18.2 Å². The summed E-state index contributed by atoms with van der Waals surface area (Å²) in [4.78, 5) is 14.6. The molecular weight excluding hydrogens is 287 g/mol. The second-order valence-corrected chi connectivity index (χ2v) is 4.27. The standard InChI is InChI=1S/C14H10F3NO3/c1-8-2-3-9(13(19)20)6-11(8)21-12-7-10(4-5-18-12)14(15,16)17/h2-7H,1H3,(H,19,20). The Labute approximate surface area is 117 Å². The van der Waals surface area contributed by atoms with Crippen LogP contribution in [0.15, 0.2) is 36.5 Å². The third kappa shape index (κ3) is 3.50. The Balaban J connectivity index is 2.34. The smallest absolute Gasteiger partial charge is 0.416 e. The number of ether oxygens (including phenoxy) is 1. The van der Waals surface area contributed by atoms with Crippen molar-refractivity contribution < 1.29 is 27.8 Å². The highest BCUT2D eigenvalue weighted by Gasteiger charge is 2.31. The summed E-state index contributed by atoms with van der Waals surface area (Å²) in [5.41, 5.74) is -0.332. The quantitative estimate of drug-likeness (QED) is 0.933. The first-order chi connectivity index (χ1) is 9.77. The number of alkyl halides is 3. The Morgan fingerprint density at radius 3 is 2.57 bits per heavy atom. The summed E-state index contributed by atoms with van der Waals surface area (Å²) in [6.07, 6.45) is -3.52. The van der Waals surface area contributed by atoms with Gasteiger partial charge in [-0.25, -0.2) is 9.78 Å². The van der Waals surface area contributed by atoms with Crippen molar-refractivity contribution in [3.63, 3.8) is 0 Å². The molecule has 0 amide bonds. The van der Waals surface area contributed by atoms with E-state index in [0.717, 1.165) is 18.3 Å². The molecule has 0 bridgehead atoms. The minimum atomic E-state index is -4.50. The number of nitrogens with zero attached hydrogens (tertiary/aromatic N) is 1. The van der Waals surface area contributed by atoms with Crippen molar-refractivity contribution >= 4 is 5.97 Å². The first-order valence-electron chi connectivity index (χ1n) is 5.82. The predicted octanol–water partition coefficient (Wildman–Crippen LogP) is 3.90. The molecule has 0 unspecified atom stereocenters. The van der Waals surface area contributed by atoms with E-state index in [1.54, 1.807) is 6.92 Å². The number of hydrogen-bond donors (Lipinski definition) is 1. The van der Waals surface area contributed by atoms with Crippen LogP contribution in [0.1, 0.15) is 21.5 Å². The zero-order valence-electron chi connectivity index (χ0n) is 10.8. The lowest BCUT2D eigenvalue weighted by molar-refractivity contribution is -0.137. The molecule has 4 nitrogen and oxygen atoms in total. The minimum Gasteiger partial charge on any atom is -0.478 e. The highest BCUT2D eigenvalue weighted by Crippen LogP contribution is 2.32. The molecule has 2 rings (SSSR count). The molecule has 0 aliphatic carbocycles. The average Bonchev–Trinajstić information content (AvgIpc) is 2.40. The molecule has 21 heavy (non-hydrogen) atoms. The molecule has 110 valence electrons. The van der Waals surface area contributed by atoms with Gasteiger partial charge in [-0.05, 0) is 30.7 Å². The first kappa shape index (κ1) is 14.8. The molecule has 1 aromatic carbocycles. The number of halogens is 3. The molecule has 0 aliphatic rings. The second-order valence-electron chi connectivity index (χ2n) is 4.27. The van der Waals surface area contributed by atoms with Crippen LogP contribution in [0.25, 0.3) is 0 Å². The third-order valence-electron chi connectivity index (χ3n) is 2.71. The molecule has 1 aromatic heterocycles. The SMILES string of the molecule is Cc1ccc(C(=O)O)cc1Oc1cc(C(F)(F)F)ccn1. The number of carbonyl (C=O) groups is 1. The maximum atomic E-state index is 12.6. The molecule has 0 aliphatic heterocycles.